The lowest BCUT2D eigenvalue weighted by Gasteiger charge is -2.20. The van der Waals surface area contributed by atoms with Crippen LogP contribution >= 0.6 is 11.6 Å². The fraction of sp³-hybridized carbons (Fsp3) is 0.294. The van der Waals surface area contributed by atoms with E-state index in [0.29, 0.717) is 0 Å². The minimum Gasteiger partial charge on any atom is -0.497 e. The van der Waals surface area contributed by atoms with Crippen molar-refractivity contribution in [2.45, 2.75) is 12.5 Å². The topological polar surface area (TPSA) is 30.5 Å². The molecule has 0 fully saturated rings. The van der Waals surface area contributed by atoms with Gasteiger partial charge in [-0.15, -0.1) is 0 Å². The maximum atomic E-state index is 6.06. The van der Waals surface area contributed by atoms with E-state index in [1.165, 1.54) is 5.56 Å². The normalized spacial score (nSPS) is 12.0. The second kappa shape index (κ2) is 7.34. The van der Waals surface area contributed by atoms with E-state index in [2.05, 4.69) is 11.4 Å². The maximum Gasteiger partial charge on any atom is 0.123 e. The third-order valence-electron chi connectivity index (χ3n) is 3.49. The van der Waals surface area contributed by atoms with Crippen molar-refractivity contribution < 1.29 is 9.47 Å². The SMILES string of the molecule is CNC(Cc1cccc(Cl)c1)c1cc(OC)ccc1OC. The van der Waals surface area contributed by atoms with Gasteiger partial charge in [-0.05, 0) is 49.4 Å². The predicted octanol–water partition coefficient (Wildman–Crippen LogP) is 3.86. The molecule has 1 atom stereocenters. The summed E-state index contributed by atoms with van der Waals surface area (Å²) in [4.78, 5) is 0. The summed E-state index contributed by atoms with van der Waals surface area (Å²) in [6.45, 7) is 0. The number of likely N-dealkylation sites (N-methyl/N-ethyl adjacent to an activating group) is 1. The van der Waals surface area contributed by atoms with E-state index in [-0.39, 0.29) is 6.04 Å². The molecular weight excluding hydrogens is 286 g/mol. The lowest BCUT2D eigenvalue weighted by Crippen LogP contribution is -2.19. The summed E-state index contributed by atoms with van der Waals surface area (Å²) >= 11 is 6.06. The Bertz CT molecular complexity index is 601. The monoisotopic (exact) mass is 305 g/mol. The van der Waals surface area contributed by atoms with Gasteiger partial charge in [-0.1, -0.05) is 23.7 Å². The van der Waals surface area contributed by atoms with Gasteiger partial charge < -0.3 is 14.8 Å². The number of rotatable bonds is 6. The van der Waals surface area contributed by atoms with E-state index in [9.17, 15) is 0 Å². The Kier molecular flexibility index (Phi) is 5.48. The average molecular weight is 306 g/mol. The van der Waals surface area contributed by atoms with Crippen LogP contribution in [0, 0.1) is 0 Å². The zero-order valence-corrected chi connectivity index (χ0v) is 13.3. The van der Waals surface area contributed by atoms with Crippen molar-refractivity contribution in [2.24, 2.45) is 0 Å². The van der Waals surface area contributed by atoms with Gasteiger partial charge in [0.1, 0.15) is 11.5 Å². The quantitative estimate of drug-likeness (QED) is 0.879. The molecule has 2 aromatic rings. The van der Waals surface area contributed by atoms with Crippen molar-refractivity contribution in [3.8, 4) is 11.5 Å². The Morgan fingerprint density at radius 2 is 1.90 bits per heavy atom. The highest BCUT2D eigenvalue weighted by Crippen LogP contribution is 2.31. The summed E-state index contributed by atoms with van der Waals surface area (Å²) < 4.78 is 10.8. The molecule has 0 aliphatic heterocycles. The molecule has 0 amide bonds. The maximum absolute atomic E-state index is 6.06. The Morgan fingerprint density at radius 3 is 2.52 bits per heavy atom. The van der Waals surface area contributed by atoms with E-state index < -0.39 is 0 Å². The molecule has 0 heterocycles. The largest absolute Gasteiger partial charge is 0.497 e. The first kappa shape index (κ1) is 15.7. The average Bonchev–Trinajstić information content (AvgIpc) is 2.52. The van der Waals surface area contributed by atoms with Crippen LogP contribution < -0.4 is 14.8 Å². The molecule has 0 saturated heterocycles. The molecule has 0 spiro atoms. The zero-order valence-electron chi connectivity index (χ0n) is 12.5. The van der Waals surface area contributed by atoms with Gasteiger partial charge in [0.05, 0.1) is 14.2 Å². The number of hydrogen-bond acceptors (Lipinski definition) is 3. The molecule has 0 saturated carbocycles. The number of benzene rings is 2. The highest BCUT2D eigenvalue weighted by molar-refractivity contribution is 6.30. The molecule has 4 heteroatoms. The van der Waals surface area contributed by atoms with Crippen LogP contribution in [0.25, 0.3) is 0 Å². The van der Waals surface area contributed by atoms with Gasteiger partial charge in [0.25, 0.3) is 0 Å². The third-order valence-corrected chi connectivity index (χ3v) is 3.72. The predicted molar refractivity (Wildman–Crippen MR) is 86.5 cm³/mol. The molecule has 0 bridgehead atoms. The van der Waals surface area contributed by atoms with Crippen molar-refractivity contribution in [2.75, 3.05) is 21.3 Å². The van der Waals surface area contributed by atoms with Gasteiger partial charge in [-0.2, -0.15) is 0 Å². The van der Waals surface area contributed by atoms with Crippen molar-refractivity contribution in [1.29, 1.82) is 0 Å². The van der Waals surface area contributed by atoms with Crippen LogP contribution in [0.15, 0.2) is 42.5 Å². The fourth-order valence-corrected chi connectivity index (χ4v) is 2.59. The lowest BCUT2D eigenvalue weighted by atomic mass is 9.98. The second-order valence-corrected chi connectivity index (χ2v) is 5.22. The number of halogens is 1. The number of ether oxygens (including phenoxy) is 2. The summed E-state index contributed by atoms with van der Waals surface area (Å²) in [6, 6.07) is 13.9. The summed E-state index contributed by atoms with van der Waals surface area (Å²) in [6.07, 6.45) is 0.820. The molecule has 0 aliphatic carbocycles. The van der Waals surface area contributed by atoms with Crippen LogP contribution in [0.5, 0.6) is 11.5 Å². The molecule has 3 nitrogen and oxygen atoms in total. The first-order chi connectivity index (χ1) is 10.2. The first-order valence-electron chi connectivity index (χ1n) is 6.81. The van der Waals surface area contributed by atoms with Crippen LogP contribution in [0.2, 0.25) is 5.02 Å². The summed E-state index contributed by atoms with van der Waals surface area (Å²) in [5.74, 6) is 1.66. The third kappa shape index (κ3) is 3.90. The van der Waals surface area contributed by atoms with E-state index in [1.807, 2.05) is 43.4 Å². The summed E-state index contributed by atoms with van der Waals surface area (Å²) in [5, 5.41) is 4.08. The highest BCUT2D eigenvalue weighted by atomic mass is 35.5. The Labute approximate surface area is 130 Å². The van der Waals surface area contributed by atoms with Crippen LogP contribution in [0.1, 0.15) is 17.2 Å². The van der Waals surface area contributed by atoms with E-state index in [1.54, 1.807) is 14.2 Å². The van der Waals surface area contributed by atoms with E-state index in [4.69, 9.17) is 21.1 Å². The molecule has 1 unspecified atom stereocenters. The van der Waals surface area contributed by atoms with E-state index in [0.717, 1.165) is 28.5 Å². The number of nitrogens with one attached hydrogen (secondary N) is 1. The van der Waals surface area contributed by atoms with Crippen LogP contribution in [-0.4, -0.2) is 21.3 Å². The molecule has 112 valence electrons. The summed E-state index contributed by atoms with van der Waals surface area (Å²) in [7, 11) is 5.28. The van der Waals surface area contributed by atoms with Gasteiger partial charge in [-0.3, -0.25) is 0 Å². The molecule has 21 heavy (non-hydrogen) atoms. The molecule has 2 rings (SSSR count). The lowest BCUT2D eigenvalue weighted by molar-refractivity contribution is 0.391. The summed E-state index contributed by atoms with van der Waals surface area (Å²) in [5.41, 5.74) is 2.24. The van der Waals surface area contributed by atoms with Crippen molar-refractivity contribution >= 4 is 11.6 Å². The van der Waals surface area contributed by atoms with Gasteiger partial charge in [0.15, 0.2) is 0 Å². The Morgan fingerprint density at radius 1 is 1.10 bits per heavy atom. The molecule has 1 N–H and O–H groups in total. The van der Waals surface area contributed by atoms with Crippen molar-refractivity contribution in [3.05, 3.63) is 58.6 Å². The minimum absolute atomic E-state index is 0.119. The van der Waals surface area contributed by atoms with Gasteiger partial charge in [0.2, 0.25) is 0 Å². The van der Waals surface area contributed by atoms with E-state index >= 15 is 0 Å². The standard InChI is InChI=1S/C17H20ClNO2/c1-19-16(10-12-5-4-6-13(18)9-12)15-11-14(20-2)7-8-17(15)21-3/h4-9,11,16,19H,10H2,1-3H3. The molecular formula is C17H20ClNO2. The van der Waals surface area contributed by atoms with Gasteiger partial charge in [0, 0.05) is 16.6 Å². The second-order valence-electron chi connectivity index (χ2n) is 4.78. The number of methoxy groups -OCH3 is 2. The van der Waals surface area contributed by atoms with Crippen molar-refractivity contribution in [1.82, 2.24) is 5.32 Å². The smallest absolute Gasteiger partial charge is 0.123 e. The molecule has 0 radical (unpaired) electrons. The highest BCUT2D eigenvalue weighted by Gasteiger charge is 2.16. The minimum atomic E-state index is 0.119. The molecule has 0 aromatic heterocycles. The van der Waals surface area contributed by atoms with Gasteiger partial charge >= 0.3 is 0 Å². The van der Waals surface area contributed by atoms with Crippen molar-refractivity contribution in [3.63, 3.8) is 0 Å². The van der Waals surface area contributed by atoms with Crippen LogP contribution in [0.3, 0.4) is 0 Å². The Balaban J connectivity index is 2.32. The fourth-order valence-electron chi connectivity index (χ4n) is 2.38. The number of hydrogen-bond donors (Lipinski definition) is 1. The zero-order chi connectivity index (χ0) is 15.2. The molecule has 0 aliphatic rings. The first-order valence-corrected chi connectivity index (χ1v) is 7.19. The van der Waals surface area contributed by atoms with Crippen LogP contribution in [-0.2, 0) is 6.42 Å². The van der Waals surface area contributed by atoms with Gasteiger partial charge in [-0.25, -0.2) is 0 Å². The Hall–Kier alpha value is -1.71. The molecule has 2 aromatic carbocycles. The van der Waals surface area contributed by atoms with Crippen LogP contribution in [0.4, 0.5) is 0 Å².